The highest BCUT2D eigenvalue weighted by atomic mass is 15.2. The second kappa shape index (κ2) is 8.86. The summed E-state index contributed by atoms with van der Waals surface area (Å²) < 4.78 is 2.43. The smallest absolute Gasteiger partial charge is 0.0543 e. The highest BCUT2D eigenvalue weighted by Gasteiger charge is 2.45. The van der Waals surface area contributed by atoms with E-state index in [0.717, 1.165) is 12.8 Å². The van der Waals surface area contributed by atoms with Crippen LogP contribution < -0.4 is 4.90 Å². The van der Waals surface area contributed by atoms with Gasteiger partial charge in [-0.1, -0.05) is 107 Å². The number of hydrogen-bond donors (Lipinski definition) is 0. The zero-order valence-corrected chi connectivity index (χ0v) is 25.9. The van der Waals surface area contributed by atoms with Crippen LogP contribution in [0.3, 0.4) is 0 Å². The molecule has 2 nitrogen and oxygen atoms in total. The minimum absolute atomic E-state index is 0.0655. The molecular formula is C42H36N2. The maximum absolute atomic E-state index is 2.54. The van der Waals surface area contributed by atoms with Gasteiger partial charge in [-0.15, -0.1) is 0 Å². The summed E-state index contributed by atoms with van der Waals surface area (Å²) in [5, 5.41) is 2.61. The van der Waals surface area contributed by atoms with Gasteiger partial charge in [-0.2, -0.15) is 0 Å². The molecule has 2 heteroatoms. The normalized spacial score (nSPS) is 17.3. The Bertz CT molecular complexity index is 2240. The third-order valence-corrected chi connectivity index (χ3v) is 10.6. The van der Waals surface area contributed by atoms with Crippen molar-refractivity contribution in [2.75, 3.05) is 4.90 Å². The van der Waals surface area contributed by atoms with Crippen molar-refractivity contribution in [3.8, 4) is 11.1 Å². The molecule has 6 aromatic rings. The van der Waals surface area contributed by atoms with Crippen LogP contribution >= 0.6 is 0 Å². The number of para-hydroxylation sites is 3. The number of aromatic nitrogens is 1. The third kappa shape index (κ3) is 3.31. The molecule has 3 heterocycles. The summed E-state index contributed by atoms with van der Waals surface area (Å²) >= 11 is 0. The van der Waals surface area contributed by atoms with Gasteiger partial charge in [-0.05, 0) is 88.7 Å². The monoisotopic (exact) mass is 568 g/mol. The fourth-order valence-electron chi connectivity index (χ4n) is 8.26. The van der Waals surface area contributed by atoms with Gasteiger partial charge in [0.15, 0.2) is 0 Å². The van der Waals surface area contributed by atoms with Gasteiger partial charge in [0, 0.05) is 27.3 Å². The van der Waals surface area contributed by atoms with E-state index in [-0.39, 0.29) is 10.8 Å². The molecule has 0 bridgehead atoms. The van der Waals surface area contributed by atoms with Crippen LogP contribution in [0.1, 0.15) is 62.8 Å². The van der Waals surface area contributed by atoms with Crippen molar-refractivity contribution in [1.82, 2.24) is 4.57 Å². The SMILES string of the molecule is CC1(C)c2ccccc2N2c3ccc(-c4ccc5c(c4)c4ccccc4n5C4=CCCC=C4)cc3C(C)(C)c3cccc1c32. The van der Waals surface area contributed by atoms with Gasteiger partial charge in [0.2, 0.25) is 0 Å². The molecule has 0 unspecified atom stereocenters. The Morgan fingerprint density at radius 2 is 1.20 bits per heavy atom. The van der Waals surface area contributed by atoms with Crippen LogP contribution in [0.5, 0.6) is 0 Å². The molecule has 9 rings (SSSR count). The van der Waals surface area contributed by atoms with Crippen molar-refractivity contribution in [2.45, 2.75) is 51.4 Å². The Morgan fingerprint density at radius 3 is 2.02 bits per heavy atom. The van der Waals surface area contributed by atoms with Crippen molar-refractivity contribution in [1.29, 1.82) is 0 Å². The number of nitrogens with zero attached hydrogens (tertiary/aromatic N) is 2. The number of benzene rings is 5. The van der Waals surface area contributed by atoms with Crippen LogP contribution in [0.2, 0.25) is 0 Å². The second-order valence-corrected chi connectivity index (χ2v) is 13.7. The van der Waals surface area contributed by atoms with Gasteiger partial charge in [0.1, 0.15) is 0 Å². The van der Waals surface area contributed by atoms with Gasteiger partial charge >= 0.3 is 0 Å². The van der Waals surface area contributed by atoms with Gasteiger partial charge < -0.3 is 9.47 Å². The molecule has 214 valence electrons. The van der Waals surface area contributed by atoms with E-state index in [1.54, 1.807) is 0 Å². The van der Waals surface area contributed by atoms with E-state index in [4.69, 9.17) is 0 Å². The minimum atomic E-state index is -0.143. The second-order valence-electron chi connectivity index (χ2n) is 13.7. The lowest BCUT2D eigenvalue weighted by atomic mass is 9.66. The Kier molecular flexibility index (Phi) is 5.17. The van der Waals surface area contributed by atoms with Gasteiger partial charge in [-0.3, -0.25) is 0 Å². The van der Waals surface area contributed by atoms with Crippen LogP contribution in [0.15, 0.2) is 121 Å². The molecule has 0 saturated carbocycles. The molecule has 5 aromatic carbocycles. The standard InChI is InChI=1S/C42H36N2/c1-41(2)32-16-9-11-20-38(32)44-39-24-22-28(26-35(39)42(3,4)34-18-12-17-33(41)40(34)44)27-21-23-37-31(25-27)30-15-8-10-19-36(30)43(37)29-13-6-5-7-14-29/h6,8-26H,5,7H2,1-4H3. The highest BCUT2D eigenvalue weighted by molar-refractivity contribution is 6.11. The molecule has 3 aliphatic rings. The number of allylic oxidation sites excluding steroid dienone is 4. The minimum Gasteiger partial charge on any atom is -0.310 e. The van der Waals surface area contributed by atoms with Gasteiger partial charge in [0.25, 0.3) is 0 Å². The number of hydrogen-bond acceptors (Lipinski definition) is 1. The van der Waals surface area contributed by atoms with Gasteiger partial charge in [0.05, 0.1) is 28.1 Å². The Hall–Kier alpha value is -4.82. The molecule has 2 aliphatic heterocycles. The van der Waals surface area contributed by atoms with E-state index in [1.807, 2.05) is 0 Å². The predicted octanol–water partition coefficient (Wildman–Crippen LogP) is 11.4. The van der Waals surface area contributed by atoms with E-state index < -0.39 is 0 Å². The Balaban J connectivity index is 1.25. The van der Waals surface area contributed by atoms with Crippen LogP contribution in [0.4, 0.5) is 17.1 Å². The maximum Gasteiger partial charge on any atom is 0.0543 e. The zero-order chi connectivity index (χ0) is 29.8. The molecular weight excluding hydrogens is 532 g/mol. The first-order valence-electron chi connectivity index (χ1n) is 15.9. The molecule has 0 spiro atoms. The van der Waals surface area contributed by atoms with Crippen LogP contribution in [0, 0.1) is 0 Å². The van der Waals surface area contributed by atoms with Crippen molar-refractivity contribution < 1.29 is 0 Å². The molecule has 1 aliphatic carbocycles. The topological polar surface area (TPSA) is 8.17 Å². The lowest BCUT2D eigenvalue weighted by Crippen LogP contribution is -2.38. The van der Waals surface area contributed by atoms with Crippen molar-refractivity contribution >= 4 is 44.6 Å². The highest BCUT2D eigenvalue weighted by Crippen LogP contribution is 2.60. The van der Waals surface area contributed by atoms with E-state index >= 15 is 0 Å². The van der Waals surface area contributed by atoms with Crippen LogP contribution in [0.25, 0.3) is 38.6 Å². The summed E-state index contributed by atoms with van der Waals surface area (Å²) in [5.41, 5.74) is 15.6. The number of rotatable bonds is 2. The fourth-order valence-corrected chi connectivity index (χ4v) is 8.26. The molecule has 0 atom stereocenters. The third-order valence-electron chi connectivity index (χ3n) is 10.6. The summed E-state index contributed by atoms with van der Waals surface area (Å²) in [5.74, 6) is 0. The van der Waals surface area contributed by atoms with E-state index in [1.165, 1.54) is 77.9 Å². The summed E-state index contributed by atoms with van der Waals surface area (Å²) in [7, 11) is 0. The summed E-state index contributed by atoms with van der Waals surface area (Å²) in [6.45, 7) is 9.55. The van der Waals surface area contributed by atoms with Gasteiger partial charge in [-0.25, -0.2) is 0 Å². The maximum atomic E-state index is 2.54. The molecule has 0 N–H and O–H groups in total. The lowest BCUT2D eigenvalue weighted by Gasteiger charge is -2.49. The first-order chi connectivity index (χ1) is 21.4. The Morgan fingerprint density at radius 1 is 0.545 bits per heavy atom. The largest absolute Gasteiger partial charge is 0.310 e. The predicted molar refractivity (Wildman–Crippen MR) is 186 cm³/mol. The van der Waals surface area contributed by atoms with Crippen molar-refractivity contribution in [2.24, 2.45) is 0 Å². The fraction of sp³-hybridized carbons (Fsp3) is 0.190. The quantitative estimate of drug-likeness (QED) is 0.202. The van der Waals surface area contributed by atoms with E-state index in [2.05, 4.69) is 159 Å². The molecule has 0 amide bonds. The summed E-state index contributed by atoms with van der Waals surface area (Å²) in [6, 6.07) is 39.0. The average molecular weight is 569 g/mol. The van der Waals surface area contributed by atoms with E-state index in [9.17, 15) is 0 Å². The first kappa shape index (κ1) is 25.7. The molecule has 1 aromatic heterocycles. The molecule has 0 saturated heterocycles. The molecule has 0 radical (unpaired) electrons. The number of anilines is 3. The Labute approximate surface area is 259 Å². The molecule has 44 heavy (non-hydrogen) atoms. The lowest BCUT2D eigenvalue weighted by molar-refractivity contribution is 0.597. The van der Waals surface area contributed by atoms with Crippen LogP contribution in [-0.4, -0.2) is 4.57 Å². The summed E-state index contributed by atoms with van der Waals surface area (Å²) in [4.78, 5) is 2.54. The van der Waals surface area contributed by atoms with E-state index in [0.29, 0.717) is 0 Å². The zero-order valence-electron chi connectivity index (χ0n) is 25.9. The van der Waals surface area contributed by atoms with Crippen molar-refractivity contribution in [3.63, 3.8) is 0 Å². The van der Waals surface area contributed by atoms with Crippen LogP contribution in [-0.2, 0) is 10.8 Å². The average Bonchev–Trinajstić information content (AvgIpc) is 3.38. The first-order valence-corrected chi connectivity index (χ1v) is 15.9. The number of fused-ring (bicyclic) bond motifs is 7. The molecule has 0 fully saturated rings. The van der Waals surface area contributed by atoms with Crippen molar-refractivity contribution in [3.05, 3.63) is 144 Å². The summed E-state index contributed by atoms with van der Waals surface area (Å²) in [6.07, 6.45) is 9.15.